The van der Waals surface area contributed by atoms with E-state index in [0.29, 0.717) is 37.3 Å². The van der Waals surface area contributed by atoms with Crippen molar-refractivity contribution in [2.45, 2.75) is 24.7 Å². The molecule has 1 aromatic heterocycles. The molecule has 1 aliphatic heterocycles. The molecule has 3 rings (SSSR count). The monoisotopic (exact) mass is 337 g/mol. The van der Waals surface area contributed by atoms with Gasteiger partial charge in [-0.1, -0.05) is 12.1 Å². The van der Waals surface area contributed by atoms with Gasteiger partial charge in [-0.25, -0.2) is 17.8 Å². The van der Waals surface area contributed by atoms with Crippen molar-refractivity contribution in [3.8, 4) is 0 Å². The fourth-order valence-electron chi connectivity index (χ4n) is 2.68. The normalized spacial score (nSPS) is 15.4. The molecule has 8 heteroatoms. The van der Waals surface area contributed by atoms with Crippen LogP contribution >= 0.6 is 0 Å². The van der Waals surface area contributed by atoms with Crippen LogP contribution in [0.5, 0.6) is 0 Å². The van der Waals surface area contributed by atoms with E-state index in [1.807, 2.05) is 11.0 Å². The van der Waals surface area contributed by atoms with Gasteiger partial charge in [0, 0.05) is 31.5 Å². The van der Waals surface area contributed by atoms with Gasteiger partial charge in [-0.15, -0.1) is 0 Å². The van der Waals surface area contributed by atoms with Crippen molar-refractivity contribution in [1.82, 2.24) is 14.9 Å². The van der Waals surface area contributed by atoms with Crippen LogP contribution < -0.4 is 5.56 Å². The molecule has 0 amide bonds. The predicted octanol–water partition coefficient (Wildman–Crippen LogP) is 0.871. The van der Waals surface area contributed by atoms with E-state index in [4.69, 9.17) is 0 Å². The highest BCUT2D eigenvalue weighted by atomic mass is 32.2. The number of aromatic nitrogens is 2. The third-order valence-electron chi connectivity index (χ3n) is 3.78. The number of rotatable bonds is 3. The summed E-state index contributed by atoms with van der Waals surface area (Å²) in [4.78, 5) is 20.4. The Bertz CT molecular complexity index is 908. The van der Waals surface area contributed by atoms with E-state index >= 15 is 0 Å². The number of hydrogen-bond acceptors (Lipinski definition) is 5. The molecule has 0 spiro atoms. The third kappa shape index (κ3) is 3.48. The number of benzene rings is 1. The standard InChI is InChI=1S/C15H16FN3O3S/c1-23(21,22)15-17-13-9-19(6-5-12(13)14(20)18-15)8-10-3-2-4-11(16)7-10/h2-4,7H,5-6,8-9H2,1H3,(H,17,18,20). The fraction of sp³-hybridized carbons (Fsp3) is 0.333. The topological polar surface area (TPSA) is 83.1 Å². The maximum atomic E-state index is 13.3. The van der Waals surface area contributed by atoms with Crippen molar-refractivity contribution < 1.29 is 12.8 Å². The zero-order valence-electron chi connectivity index (χ0n) is 12.5. The number of aromatic amines is 1. The highest BCUT2D eigenvalue weighted by molar-refractivity contribution is 7.90. The van der Waals surface area contributed by atoms with Crippen LogP contribution in [0.15, 0.2) is 34.2 Å². The fourth-order valence-corrected chi connectivity index (χ4v) is 3.23. The largest absolute Gasteiger partial charge is 0.297 e. The van der Waals surface area contributed by atoms with E-state index in [0.717, 1.165) is 11.8 Å². The molecule has 122 valence electrons. The number of H-pyrrole nitrogens is 1. The molecule has 0 atom stereocenters. The van der Waals surface area contributed by atoms with Crippen LogP contribution in [-0.4, -0.2) is 36.1 Å². The summed E-state index contributed by atoms with van der Waals surface area (Å²) in [5.74, 6) is -0.297. The lowest BCUT2D eigenvalue weighted by Gasteiger charge is -2.27. The molecule has 0 fully saturated rings. The molecule has 0 radical (unpaired) electrons. The maximum absolute atomic E-state index is 13.3. The van der Waals surface area contributed by atoms with Crippen LogP contribution in [0, 0.1) is 5.82 Å². The first kappa shape index (κ1) is 15.8. The van der Waals surface area contributed by atoms with Gasteiger partial charge in [0.15, 0.2) is 0 Å². The third-order valence-corrected chi connectivity index (χ3v) is 4.67. The molecular formula is C15H16FN3O3S. The summed E-state index contributed by atoms with van der Waals surface area (Å²) in [5.41, 5.74) is 1.41. The zero-order chi connectivity index (χ0) is 16.6. The van der Waals surface area contributed by atoms with E-state index in [1.54, 1.807) is 6.07 Å². The molecule has 0 bridgehead atoms. The quantitative estimate of drug-likeness (QED) is 0.841. The average molecular weight is 337 g/mol. The van der Waals surface area contributed by atoms with Gasteiger partial charge < -0.3 is 0 Å². The van der Waals surface area contributed by atoms with Crippen molar-refractivity contribution in [3.05, 3.63) is 57.3 Å². The van der Waals surface area contributed by atoms with Gasteiger partial charge in [0.25, 0.3) is 5.56 Å². The van der Waals surface area contributed by atoms with Crippen LogP contribution in [0.25, 0.3) is 0 Å². The highest BCUT2D eigenvalue weighted by Crippen LogP contribution is 2.17. The van der Waals surface area contributed by atoms with E-state index in [9.17, 15) is 17.6 Å². The Morgan fingerprint density at radius 2 is 2.17 bits per heavy atom. The molecule has 0 saturated heterocycles. The number of fused-ring (bicyclic) bond motifs is 1. The van der Waals surface area contributed by atoms with Crippen LogP contribution in [0.3, 0.4) is 0 Å². The molecular weight excluding hydrogens is 321 g/mol. The number of nitrogens with zero attached hydrogens (tertiary/aromatic N) is 2. The van der Waals surface area contributed by atoms with Gasteiger partial charge in [-0.2, -0.15) is 0 Å². The molecule has 1 aliphatic rings. The van der Waals surface area contributed by atoms with E-state index < -0.39 is 15.4 Å². The first-order valence-corrected chi connectivity index (χ1v) is 9.01. The number of hydrogen-bond donors (Lipinski definition) is 1. The minimum atomic E-state index is -3.58. The summed E-state index contributed by atoms with van der Waals surface area (Å²) in [7, 11) is -3.58. The molecule has 23 heavy (non-hydrogen) atoms. The lowest BCUT2D eigenvalue weighted by molar-refractivity contribution is 0.239. The second-order valence-corrected chi connectivity index (χ2v) is 7.59. The number of sulfone groups is 1. The molecule has 1 aromatic carbocycles. The molecule has 0 saturated carbocycles. The lowest BCUT2D eigenvalue weighted by atomic mass is 10.1. The van der Waals surface area contributed by atoms with Crippen LogP contribution in [-0.2, 0) is 29.3 Å². The Hall–Kier alpha value is -2.06. The van der Waals surface area contributed by atoms with Gasteiger partial charge in [-0.3, -0.25) is 14.7 Å². The van der Waals surface area contributed by atoms with Crippen molar-refractivity contribution in [2.24, 2.45) is 0 Å². The minimum absolute atomic E-state index is 0.297. The van der Waals surface area contributed by atoms with E-state index in [2.05, 4.69) is 9.97 Å². The molecule has 2 aromatic rings. The molecule has 0 unspecified atom stereocenters. The smallest absolute Gasteiger partial charge is 0.255 e. The summed E-state index contributed by atoms with van der Waals surface area (Å²) >= 11 is 0. The minimum Gasteiger partial charge on any atom is -0.297 e. The van der Waals surface area contributed by atoms with E-state index in [1.165, 1.54) is 12.1 Å². The summed E-state index contributed by atoms with van der Waals surface area (Å²) in [6.45, 7) is 1.50. The van der Waals surface area contributed by atoms with Crippen LogP contribution in [0.4, 0.5) is 4.39 Å². The Morgan fingerprint density at radius 1 is 1.39 bits per heavy atom. The highest BCUT2D eigenvalue weighted by Gasteiger charge is 2.23. The van der Waals surface area contributed by atoms with Gasteiger partial charge in [0.1, 0.15) is 5.82 Å². The summed E-state index contributed by atoms with van der Waals surface area (Å²) in [6, 6.07) is 6.32. The van der Waals surface area contributed by atoms with Crippen molar-refractivity contribution in [1.29, 1.82) is 0 Å². The second kappa shape index (κ2) is 5.86. The van der Waals surface area contributed by atoms with Gasteiger partial charge in [-0.05, 0) is 24.1 Å². The first-order valence-electron chi connectivity index (χ1n) is 7.12. The van der Waals surface area contributed by atoms with Gasteiger partial charge in [0.2, 0.25) is 15.0 Å². The summed E-state index contributed by atoms with van der Waals surface area (Å²) in [6.07, 6.45) is 1.49. The van der Waals surface area contributed by atoms with Gasteiger partial charge >= 0.3 is 0 Å². The Balaban J connectivity index is 1.88. The SMILES string of the molecule is CS(=O)(=O)c1nc2c(c(=O)[nH]1)CCN(Cc1cccc(F)c1)C2. The van der Waals surface area contributed by atoms with Crippen LogP contribution in [0.1, 0.15) is 16.8 Å². The van der Waals surface area contributed by atoms with Gasteiger partial charge in [0.05, 0.1) is 5.69 Å². The molecule has 0 aliphatic carbocycles. The lowest BCUT2D eigenvalue weighted by Crippen LogP contribution is -2.35. The number of halogens is 1. The average Bonchev–Trinajstić information content (AvgIpc) is 2.46. The van der Waals surface area contributed by atoms with Crippen molar-refractivity contribution in [3.63, 3.8) is 0 Å². The summed E-state index contributed by atoms with van der Waals surface area (Å²) < 4.78 is 36.4. The predicted molar refractivity (Wildman–Crippen MR) is 82.2 cm³/mol. The Morgan fingerprint density at radius 3 is 2.87 bits per heavy atom. The molecule has 1 N–H and O–H groups in total. The maximum Gasteiger partial charge on any atom is 0.255 e. The van der Waals surface area contributed by atoms with Crippen molar-refractivity contribution in [2.75, 3.05) is 12.8 Å². The number of nitrogens with one attached hydrogen (secondary N) is 1. The van der Waals surface area contributed by atoms with Crippen LogP contribution in [0.2, 0.25) is 0 Å². The Kier molecular flexibility index (Phi) is 4.03. The first-order chi connectivity index (χ1) is 10.8. The Labute approximate surface area is 132 Å². The molecule has 6 nitrogen and oxygen atoms in total. The summed E-state index contributed by atoms with van der Waals surface area (Å²) in [5, 5.41) is -0.311. The van der Waals surface area contributed by atoms with E-state index in [-0.39, 0.29) is 11.0 Å². The zero-order valence-corrected chi connectivity index (χ0v) is 13.4. The van der Waals surface area contributed by atoms with Crippen molar-refractivity contribution >= 4 is 9.84 Å². The second-order valence-electron chi connectivity index (χ2n) is 5.66. The molecule has 2 heterocycles.